The molecule has 2 aromatic rings. The Hall–Kier alpha value is -1.04. The summed E-state index contributed by atoms with van der Waals surface area (Å²) in [6.07, 6.45) is 1.09. The number of rotatable bonds is 5. The molecule has 0 amide bonds. The molecule has 102 valence electrons. The first-order chi connectivity index (χ1) is 9.09. The maximum Gasteiger partial charge on any atom is 0.191 e. The summed E-state index contributed by atoms with van der Waals surface area (Å²) in [7, 11) is 0. The number of thioether (sulfide) groups is 1. The molecule has 1 atom stereocenters. The van der Waals surface area contributed by atoms with Crippen molar-refractivity contribution in [2.45, 2.75) is 31.1 Å². The quantitative estimate of drug-likeness (QED) is 0.860. The zero-order valence-corrected chi connectivity index (χ0v) is 12.4. The van der Waals surface area contributed by atoms with Gasteiger partial charge in [0.1, 0.15) is 6.33 Å². The predicted octanol–water partition coefficient (Wildman–Crippen LogP) is 3.34. The molecule has 1 N–H and O–H groups in total. The first-order valence-corrected chi connectivity index (χ1v) is 7.40. The minimum Gasteiger partial charge on any atom is -0.387 e. The molecule has 2 rings (SSSR count). The number of aliphatic hydroxyl groups is 1. The molecule has 1 aromatic carbocycles. The molecule has 19 heavy (non-hydrogen) atoms. The van der Waals surface area contributed by atoms with E-state index in [1.807, 2.05) is 22.8 Å². The zero-order valence-electron chi connectivity index (χ0n) is 10.8. The Kier molecular flexibility index (Phi) is 4.85. The van der Waals surface area contributed by atoms with E-state index < -0.39 is 6.10 Å². The van der Waals surface area contributed by atoms with E-state index in [1.165, 1.54) is 11.8 Å². The van der Waals surface area contributed by atoms with Gasteiger partial charge in [-0.25, -0.2) is 0 Å². The van der Waals surface area contributed by atoms with Crippen LogP contribution in [-0.4, -0.2) is 25.6 Å². The Balaban J connectivity index is 2.03. The summed E-state index contributed by atoms with van der Waals surface area (Å²) in [5, 5.41) is 19.5. The first-order valence-electron chi connectivity index (χ1n) is 6.04. The Bertz CT molecular complexity index is 544. The van der Waals surface area contributed by atoms with Crippen molar-refractivity contribution in [2.75, 3.05) is 5.75 Å². The number of hydrogen-bond donors (Lipinski definition) is 1. The molecular formula is C13H16ClN3OS. The number of nitrogens with zero attached hydrogens (tertiary/aromatic N) is 3. The van der Waals surface area contributed by atoms with Gasteiger partial charge in [0.05, 0.1) is 6.10 Å². The van der Waals surface area contributed by atoms with Crippen molar-refractivity contribution in [3.8, 4) is 0 Å². The lowest BCUT2D eigenvalue weighted by atomic mass is 10.1. The smallest absolute Gasteiger partial charge is 0.191 e. The van der Waals surface area contributed by atoms with Gasteiger partial charge in [-0.3, -0.25) is 0 Å². The molecule has 0 spiro atoms. The SMILES string of the molecule is CC(C)n1cnnc1SCC(O)c1ccccc1Cl. The van der Waals surface area contributed by atoms with Crippen molar-refractivity contribution in [3.63, 3.8) is 0 Å². The zero-order chi connectivity index (χ0) is 13.8. The van der Waals surface area contributed by atoms with Crippen LogP contribution in [0, 0.1) is 0 Å². The molecule has 6 heteroatoms. The molecule has 1 heterocycles. The molecule has 1 aromatic heterocycles. The highest BCUT2D eigenvalue weighted by molar-refractivity contribution is 7.99. The van der Waals surface area contributed by atoms with Gasteiger partial charge < -0.3 is 9.67 Å². The number of aliphatic hydroxyl groups excluding tert-OH is 1. The molecular weight excluding hydrogens is 282 g/mol. The fourth-order valence-corrected chi connectivity index (χ4v) is 2.94. The second-order valence-corrected chi connectivity index (χ2v) is 5.86. The van der Waals surface area contributed by atoms with Crippen LogP contribution in [-0.2, 0) is 0 Å². The first kappa shape index (κ1) is 14.4. The fourth-order valence-electron chi connectivity index (χ4n) is 1.68. The standard InChI is InChI=1S/C13H16ClN3OS/c1-9(2)17-8-15-16-13(17)19-7-12(18)10-5-3-4-6-11(10)14/h3-6,8-9,12,18H,7H2,1-2H3. The maximum absolute atomic E-state index is 10.2. The van der Waals surface area contributed by atoms with Crippen molar-refractivity contribution in [3.05, 3.63) is 41.2 Å². The average Bonchev–Trinajstić information content (AvgIpc) is 2.85. The van der Waals surface area contributed by atoms with Gasteiger partial charge in [-0.1, -0.05) is 41.6 Å². The Morgan fingerprint density at radius 3 is 2.79 bits per heavy atom. The van der Waals surface area contributed by atoms with E-state index in [0.29, 0.717) is 16.8 Å². The van der Waals surface area contributed by atoms with Crippen LogP contribution < -0.4 is 0 Å². The molecule has 0 aliphatic heterocycles. The third kappa shape index (κ3) is 3.49. The van der Waals surface area contributed by atoms with E-state index in [0.717, 1.165) is 10.7 Å². The summed E-state index contributed by atoms with van der Waals surface area (Å²) in [6.45, 7) is 4.13. The molecule has 0 aliphatic rings. The maximum atomic E-state index is 10.2. The number of halogens is 1. The normalized spacial score (nSPS) is 12.9. The van der Waals surface area contributed by atoms with Gasteiger partial charge in [0.15, 0.2) is 5.16 Å². The van der Waals surface area contributed by atoms with Gasteiger partial charge >= 0.3 is 0 Å². The third-order valence-corrected chi connectivity index (χ3v) is 4.11. The third-order valence-electron chi connectivity index (χ3n) is 2.73. The molecule has 1 unspecified atom stereocenters. The highest BCUT2D eigenvalue weighted by atomic mass is 35.5. The van der Waals surface area contributed by atoms with Crippen LogP contribution in [0.2, 0.25) is 5.02 Å². The summed E-state index contributed by atoms with van der Waals surface area (Å²) >= 11 is 7.53. The number of aromatic nitrogens is 3. The van der Waals surface area contributed by atoms with E-state index in [9.17, 15) is 5.11 Å². The highest BCUT2D eigenvalue weighted by Crippen LogP contribution is 2.28. The average molecular weight is 298 g/mol. The van der Waals surface area contributed by atoms with Crippen LogP contribution in [0.25, 0.3) is 0 Å². The second kappa shape index (κ2) is 6.41. The van der Waals surface area contributed by atoms with Gasteiger partial charge in [-0.15, -0.1) is 10.2 Å². The van der Waals surface area contributed by atoms with E-state index in [1.54, 1.807) is 12.4 Å². The summed E-state index contributed by atoms with van der Waals surface area (Å²) in [4.78, 5) is 0. The van der Waals surface area contributed by atoms with Crippen molar-refractivity contribution in [1.29, 1.82) is 0 Å². The highest BCUT2D eigenvalue weighted by Gasteiger charge is 2.14. The van der Waals surface area contributed by atoms with Gasteiger partial charge in [-0.2, -0.15) is 0 Å². The van der Waals surface area contributed by atoms with Gasteiger partial charge in [0.2, 0.25) is 0 Å². The molecule has 0 saturated heterocycles. The van der Waals surface area contributed by atoms with Crippen LogP contribution in [0.5, 0.6) is 0 Å². The second-order valence-electron chi connectivity index (χ2n) is 4.46. The molecule has 0 fully saturated rings. The number of hydrogen-bond acceptors (Lipinski definition) is 4. The van der Waals surface area contributed by atoms with Crippen molar-refractivity contribution in [1.82, 2.24) is 14.8 Å². The lowest BCUT2D eigenvalue weighted by Gasteiger charge is -2.13. The van der Waals surface area contributed by atoms with Crippen molar-refractivity contribution < 1.29 is 5.11 Å². The van der Waals surface area contributed by atoms with E-state index in [2.05, 4.69) is 24.0 Å². The monoisotopic (exact) mass is 297 g/mol. The lowest BCUT2D eigenvalue weighted by molar-refractivity contribution is 0.204. The number of benzene rings is 1. The lowest BCUT2D eigenvalue weighted by Crippen LogP contribution is -2.05. The van der Waals surface area contributed by atoms with Gasteiger partial charge in [0, 0.05) is 16.8 Å². The van der Waals surface area contributed by atoms with Crippen molar-refractivity contribution >= 4 is 23.4 Å². The molecule has 0 aliphatic carbocycles. The molecule has 0 radical (unpaired) electrons. The van der Waals surface area contributed by atoms with Crippen molar-refractivity contribution in [2.24, 2.45) is 0 Å². The topological polar surface area (TPSA) is 50.9 Å². The Morgan fingerprint density at radius 1 is 1.37 bits per heavy atom. The fraction of sp³-hybridized carbons (Fsp3) is 0.385. The van der Waals surface area contributed by atoms with Crippen LogP contribution in [0.4, 0.5) is 0 Å². The summed E-state index contributed by atoms with van der Waals surface area (Å²) in [5.41, 5.74) is 0.743. The van der Waals surface area contributed by atoms with Crippen LogP contribution >= 0.6 is 23.4 Å². The van der Waals surface area contributed by atoms with E-state index >= 15 is 0 Å². The summed E-state index contributed by atoms with van der Waals surface area (Å²) in [5.74, 6) is 0.495. The summed E-state index contributed by atoms with van der Waals surface area (Å²) < 4.78 is 1.98. The van der Waals surface area contributed by atoms with Crippen LogP contribution in [0.15, 0.2) is 35.7 Å². The minimum atomic E-state index is -0.615. The van der Waals surface area contributed by atoms with Gasteiger partial charge in [-0.05, 0) is 25.5 Å². The molecule has 4 nitrogen and oxygen atoms in total. The Labute approximate surface area is 121 Å². The van der Waals surface area contributed by atoms with Gasteiger partial charge in [0.25, 0.3) is 0 Å². The Morgan fingerprint density at radius 2 is 2.11 bits per heavy atom. The predicted molar refractivity (Wildman–Crippen MR) is 77.5 cm³/mol. The largest absolute Gasteiger partial charge is 0.387 e. The molecule has 0 bridgehead atoms. The van der Waals surface area contributed by atoms with Crippen LogP contribution in [0.3, 0.4) is 0 Å². The molecule has 0 saturated carbocycles. The van der Waals surface area contributed by atoms with Crippen LogP contribution in [0.1, 0.15) is 31.6 Å². The summed E-state index contributed by atoms with van der Waals surface area (Å²) in [6, 6.07) is 7.63. The van der Waals surface area contributed by atoms with E-state index in [4.69, 9.17) is 11.6 Å². The minimum absolute atomic E-state index is 0.301. The van der Waals surface area contributed by atoms with E-state index in [-0.39, 0.29) is 0 Å².